The molecule has 0 bridgehead atoms. The Hall–Kier alpha value is -1.18. The fourth-order valence-electron chi connectivity index (χ4n) is 1.93. The summed E-state index contributed by atoms with van der Waals surface area (Å²) < 4.78 is 5.13. The second-order valence-corrected chi connectivity index (χ2v) is 5.41. The molecule has 0 amide bonds. The van der Waals surface area contributed by atoms with E-state index in [2.05, 4.69) is 0 Å². The normalized spacial score (nSPS) is 13.8. The van der Waals surface area contributed by atoms with Crippen molar-refractivity contribution in [1.82, 2.24) is 0 Å². The Morgan fingerprint density at radius 3 is 1.89 bits per heavy atom. The van der Waals surface area contributed by atoms with Crippen LogP contribution in [0, 0.1) is 0 Å². The zero-order valence-corrected chi connectivity index (χ0v) is 12.2. The Bertz CT molecular complexity index is 496. The van der Waals surface area contributed by atoms with Crippen molar-refractivity contribution in [2.24, 2.45) is 0 Å². The van der Waals surface area contributed by atoms with Gasteiger partial charge in [-0.05, 0) is 29.7 Å². The van der Waals surface area contributed by atoms with Gasteiger partial charge in [0.25, 0.3) is 0 Å². The minimum Gasteiger partial charge on any atom is -0.497 e. The molecule has 0 spiro atoms. The van der Waals surface area contributed by atoms with Crippen LogP contribution in [0.5, 0.6) is 5.75 Å². The van der Waals surface area contributed by atoms with Gasteiger partial charge in [-0.25, -0.2) is 0 Å². The zero-order valence-electron chi connectivity index (χ0n) is 10.7. The van der Waals surface area contributed by atoms with Gasteiger partial charge in [-0.1, -0.05) is 42.5 Å². The third-order valence-electron chi connectivity index (χ3n) is 3.05. The molecule has 3 heteroatoms. The summed E-state index contributed by atoms with van der Waals surface area (Å²) in [6, 6.07) is 17.8. The lowest BCUT2D eigenvalue weighted by Crippen LogP contribution is -1.97. The van der Waals surface area contributed by atoms with E-state index in [0.717, 1.165) is 16.9 Å². The van der Waals surface area contributed by atoms with Gasteiger partial charge in [0.2, 0.25) is 0 Å². The summed E-state index contributed by atoms with van der Waals surface area (Å²) in [5.74, 6) is 0.832. The molecule has 2 unspecified atom stereocenters. The minimum absolute atomic E-state index is 0.0780. The number of benzene rings is 2. The molecule has 0 heterocycles. The summed E-state index contributed by atoms with van der Waals surface area (Å²) in [5, 5.41) is -0.181. The highest BCUT2D eigenvalue weighted by atomic mass is 35.5. The van der Waals surface area contributed by atoms with Crippen molar-refractivity contribution >= 4 is 23.2 Å². The molecule has 2 aromatic carbocycles. The highest BCUT2D eigenvalue weighted by Gasteiger charge is 2.15. The summed E-state index contributed by atoms with van der Waals surface area (Å²) in [4.78, 5) is 0. The molecular weight excluding hydrogens is 279 g/mol. The van der Waals surface area contributed by atoms with E-state index in [-0.39, 0.29) is 10.8 Å². The van der Waals surface area contributed by atoms with E-state index < -0.39 is 0 Å². The molecule has 0 aromatic heterocycles. The van der Waals surface area contributed by atoms with Crippen LogP contribution in [-0.2, 0) is 0 Å². The summed E-state index contributed by atoms with van der Waals surface area (Å²) in [6.07, 6.45) is 0.694. The Labute approximate surface area is 124 Å². The van der Waals surface area contributed by atoms with Gasteiger partial charge in [-0.15, -0.1) is 23.2 Å². The first kappa shape index (κ1) is 14.2. The molecule has 0 radical (unpaired) electrons. The van der Waals surface area contributed by atoms with E-state index in [1.165, 1.54) is 0 Å². The number of rotatable bonds is 5. The number of halogens is 2. The first-order valence-corrected chi connectivity index (χ1v) is 7.05. The van der Waals surface area contributed by atoms with Gasteiger partial charge in [0, 0.05) is 0 Å². The predicted molar refractivity (Wildman–Crippen MR) is 81.2 cm³/mol. The van der Waals surface area contributed by atoms with E-state index in [1.54, 1.807) is 7.11 Å². The van der Waals surface area contributed by atoms with Crippen molar-refractivity contribution in [3.05, 3.63) is 65.7 Å². The van der Waals surface area contributed by atoms with E-state index in [4.69, 9.17) is 27.9 Å². The first-order chi connectivity index (χ1) is 9.20. The van der Waals surface area contributed by atoms with Crippen molar-refractivity contribution < 1.29 is 4.74 Å². The first-order valence-electron chi connectivity index (χ1n) is 6.17. The van der Waals surface area contributed by atoms with Crippen LogP contribution < -0.4 is 4.74 Å². The average molecular weight is 295 g/mol. The standard InChI is InChI=1S/C16H16Cl2O/c1-19-14-9-7-13(8-10-14)16(18)11-15(17)12-5-3-2-4-6-12/h2-10,15-16H,11H2,1H3. The fraction of sp³-hybridized carbons (Fsp3) is 0.250. The maximum Gasteiger partial charge on any atom is 0.118 e. The molecule has 0 N–H and O–H groups in total. The molecule has 0 fully saturated rings. The van der Waals surface area contributed by atoms with Crippen molar-refractivity contribution in [1.29, 1.82) is 0 Å². The van der Waals surface area contributed by atoms with Gasteiger partial charge in [0.15, 0.2) is 0 Å². The van der Waals surface area contributed by atoms with Crippen LogP contribution in [0.1, 0.15) is 28.3 Å². The monoisotopic (exact) mass is 294 g/mol. The third kappa shape index (κ3) is 3.89. The van der Waals surface area contributed by atoms with Gasteiger partial charge < -0.3 is 4.74 Å². The molecule has 2 rings (SSSR count). The molecule has 100 valence electrons. The number of methoxy groups -OCH3 is 1. The van der Waals surface area contributed by atoms with E-state index in [0.29, 0.717) is 6.42 Å². The lowest BCUT2D eigenvalue weighted by atomic mass is 10.0. The van der Waals surface area contributed by atoms with Crippen molar-refractivity contribution in [2.45, 2.75) is 17.2 Å². The molecule has 0 aliphatic rings. The van der Waals surface area contributed by atoms with E-state index in [1.807, 2.05) is 54.6 Å². The smallest absolute Gasteiger partial charge is 0.118 e. The highest BCUT2D eigenvalue weighted by Crippen LogP contribution is 2.35. The predicted octanol–water partition coefficient (Wildman–Crippen LogP) is 5.35. The van der Waals surface area contributed by atoms with Crippen LogP contribution in [0.15, 0.2) is 54.6 Å². The van der Waals surface area contributed by atoms with Gasteiger partial charge >= 0.3 is 0 Å². The molecule has 0 saturated heterocycles. The van der Waals surface area contributed by atoms with E-state index in [9.17, 15) is 0 Å². The lowest BCUT2D eigenvalue weighted by molar-refractivity contribution is 0.414. The number of hydrogen-bond acceptors (Lipinski definition) is 1. The topological polar surface area (TPSA) is 9.23 Å². The third-order valence-corrected chi connectivity index (χ3v) is 3.91. The largest absolute Gasteiger partial charge is 0.497 e. The van der Waals surface area contributed by atoms with Crippen LogP contribution in [0.3, 0.4) is 0 Å². The molecule has 0 saturated carbocycles. The van der Waals surface area contributed by atoms with Crippen molar-refractivity contribution in [2.75, 3.05) is 7.11 Å². The molecule has 19 heavy (non-hydrogen) atoms. The van der Waals surface area contributed by atoms with Crippen molar-refractivity contribution in [3.63, 3.8) is 0 Å². The second-order valence-electron chi connectivity index (χ2n) is 4.35. The van der Waals surface area contributed by atoms with Crippen LogP contribution in [-0.4, -0.2) is 7.11 Å². The fourth-order valence-corrected chi connectivity index (χ4v) is 2.67. The zero-order chi connectivity index (χ0) is 13.7. The van der Waals surface area contributed by atoms with Crippen LogP contribution >= 0.6 is 23.2 Å². The summed E-state index contributed by atoms with van der Waals surface area (Å²) in [5.41, 5.74) is 2.16. The molecular formula is C16H16Cl2O. The number of hydrogen-bond donors (Lipinski definition) is 0. The molecule has 0 aliphatic carbocycles. The summed E-state index contributed by atoms with van der Waals surface area (Å²) in [6.45, 7) is 0. The quantitative estimate of drug-likeness (QED) is 0.676. The SMILES string of the molecule is COc1ccc(C(Cl)CC(Cl)c2ccccc2)cc1. The maximum atomic E-state index is 6.42. The highest BCUT2D eigenvalue weighted by molar-refractivity contribution is 6.23. The van der Waals surface area contributed by atoms with E-state index >= 15 is 0 Å². The minimum atomic E-state index is -0.103. The molecule has 2 atom stereocenters. The van der Waals surface area contributed by atoms with Crippen LogP contribution in [0.25, 0.3) is 0 Å². The maximum absolute atomic E-state index is 6.42. The van der Waals surface area contributed by atoms with Crippen molar-refractivity contribution in [3.8, 4) is 5.75 Å². The average Bonchev–Trinajstić information content (AvgIpc) is 2.48. The van der Waals surface area contributed by atoms with Gasteiger partial charge in [0.1, 0.15) is 5.75 Å². The second kappa shape index (κ2) is 6.83. The molecule has 0 aliphatic heterocycles. The van der Waals surface area contributed by atoms with Crippen LogP contribution in [0.4, 0.5) is 0 Å². The Morgan fingerprint density at radius 2 is 1.37 bits per heavy atom. The molecule has 2 aromatic rings. The summed E-state index contributed by atoms with van der Waals surface area (Å²) in [7, 11) is 1.65. The lowest BCUT2D eigenvalue weighted by Gasteiger charge is -2.15. The summed E-state index contributed by atoms with van der Waals surface area (Å²) >= 11 is 12.8. The Morgan fingerprint density at radius 1 is 0.842 bits per heavy atom. The number of alkyl halides is 2. The number of ether oxygens (including phenoxy) is 1. The van der Waals surface area contributed by atoms with Gasteiger partial charge in [-0.2, -0.15) is 0 Å². The van der Waals surface area contributed by atoms with Gasteiger partial charge in [0.05, 0.1) is 17.9 Å². The van der Waals surface area contributed by atoms with Crippen LogP contribution in [0.2, 0.25) is 0 Å². The Balaban J connectivity index is 2.02. The Kier molecular flexibility index (Phi) is 5.12. The van der Waals surface area contributed by atoms with Gasteiger partial charge in [-0.3, -0.25) is 0 Å². The molecule has 1 nitrogen and oxygen atoms in total.